The van der Waals surface area contributed by atoms with Gasteiger partial charge in [0.15, 0.2) is 0 Å². The molecule has 1 saturated heterocycles. The smallest absolute Gasteiger partial charge is 0.407 e. The molecule has 1 amide bonds. The highest BCUT2D eigenvalue weighted by Gasteiger charge is 2.20. The van der Waals surface area contributed by atoms with E-state index >= 15 is 0 Å². The molecular weight excluding hydrogens is 294 g/mol. The molecule has 0 saturated carbocycles. The number of sulfonamides is 1. The second-order valence-corrected chi connectivity index (χ2v) is 6.55. The van der Waals surface area contributed by atoms with Gasteiger partial charge in [-0.05, 0) is 31.9 Å². The van der Waals surface area contributed by atoms with Crippen LogP contribution in [0.4, 0.5) is 4.79 Å². The van der Waals surface area contributed by atoms with E-state index in [0.717, 1.165) is 5.56 Å². The molecule has 0 aromatic heterocycles. The number of rotatable bonds is 3. The summed E-state index contributed by atoms with van der Waals surface area (Å²) in [6.07, 6.45) is 0.196. The van der Waals surface area contributed by atoms with E-state index < -0.39 is 16.1 Å². The quantitative estimate of drug-likeness (QED) is 0.824. The van der Waals surface area contributed by atoms with Crippen molar-refractivity contribution in [2.45, 2.75) is 24.7 Å². The second-order valence-electron chi connectivity index (χ2n) is 4.89. The third-order valence-electron chi connectivity index (χ3n) is 3.19. The summed E-state index contributed by atoms with van der Waals surface area (Å²) >= 11 is 0. The number of hydrogen-bond acceptors (Lipinski definition) is 4. The van der Waals surface area contributed by atoms with Crippen LogP contribution in [0.15, 0.2) is 34.3 Å². The van der Waals surface area contributed by atoms with Gasteiger partial charge < -0.3 is 10.0 Å². The number of amides is 1. The van der Waals surface area contributed by atoms with Gasteiger partial charge in [-0.25, -0.2) is 9.63 Å². The number of likely N-dealkylation sites (tertiary alicyclic amines) is 1. The van der Waals surface area contributed by atoms with Gasteiger partial charge >= 0.3 is 6.09 Å². The van der Waals surface area contributed by atoms with Crippen molar-refractivity contribution in [3.63, 3.8) is 0 Å². The van der Waals surface area contributed by atoms with Crippen molar-refractivity contribution in [3.8, 4) is 0 Å². The van der Waals surface area contributed by atoms with Crippen LogP contribution < -0.4 is 4.83 Å². The van der Waals surface area contributed by atoms with Crippen molar-refractivity contribution in [1.82, 2.24) is 9.73 Å². The predicted molar refractivity (Wildman–Crippen MR) is 77.8 cm³/mol. The van der Waals surface area contributed by atoms with Crippen molar-refractivity contribution >= 4 is 21.8 Å². The summed E-state index contributed by atoms with van der Waals surface area (Å²) in [5.41, 5.74) is 1.48. The zero-order valence-corrected chi connectivity index (χ0v) is 12.4. The molecule has 0 unspecified atom stereocenters. The Labute approximate surface area is 123 Å². The molecule has 21 heavy (non-hydrogen) atoms. The molecule has 0 radical (unpaired) electrons. The lowest BCUT2D eigenvalue weighted by atomic mass is 10.1. The lowest BCUT2D eigenvalue weighted by Gasteiger charge is -2.24. The monoisotopic (exact) mass is 311 g/mol. The highest BCUT2D eigenvalue weighted by Crippen LogP contribution is 2.11. The first kappa shape index (κ1) is 15.3. The Balaban J connectivity index is 2.08. The van der Waals surface area contributed by atoms with Crippen molar-refractivity contribution < 1.29 is 18.3 Å². The summed E-state index contributed by atoms with van der Waals surface area (Å²) in [7, 11) is -3.72. The molecule has 1 aliphatic rings. The summed E-state index contributed by atoms with van der Waals surface area (Å²) in [6, 6.07) is 6.41. The third kappa shape index (κ3) is 3.94. The summed E-state index contributed by atoms with van der Waals surface area (Å²) in [5.74, 6) is 0. The Bertz CT molecular complexity index is 652. The Morgan fingerprint density at radius 2 is 2.00 bits per heavy atom. The van der Waals surface area contributed by atoms with E-state index in [1.807, 2.05) is 6.92 Å². The molecule has 8 heteroatoms. The fourth-order valence-corrected chi connectivity index (χ4v) is 2.85. The summed E-state index contributed by atoms with van der Waals surface area (Å²) < 4.78 is 24.1. The fourth-order valence-electron chi connectivity index (χ4n) is 2.00. The molecule has 1 heterocycles. The molecule has 0 bridgehead atoms. The molecule has 114 valence electrons. The van der Waals surface area contributed by atoms with Crippen LogP contribution in [0.2, 0.25) is 0 Å². The van der Waals surface area contributed by atoms with E-state index in [4.69, 9.17) is 5.11 Å². The first-order valence-corrected chi connectivity index (χ1v) is 7.98. The maximum atomic E-state index is 12.1. The number of hydrogen-bond donors (Lipinski definition) is 2. The van der Waals surface area contributed by atoms with E-state index in [1.54, 1.807) is 12.1 Å². The van der Waals surface area contributed by atoms with Gasteiger partial charge in [0.25, 0.3) is 10.0 Å². The minimum absolute atomic E-state index is 0.128. The fraction of sp³-hybridized carbons (Fsp3) is 0.385. The lowest BCUT2D eigenvalue weighted by molar-refractivity contribution is 0.149. The van der Waals surface area contributed by atoms with Crippen LogP contribution in [0.5, 0.6) is 0 Å². The van der Waals surface area contributed by atoms with Crippen LogP contribution >= 0.6 is 0 Å². The van der Waals surface area contributed by atoms with Crippen molar-refractivity contribution in [2.24, 2.45) is 5.10 Å². The number of benzene rings is 1. The van der Waals surface area contributed by atoms with Gasteiger partial charge in [0.05, 0.1) is 17.2 Å². The van der Waals surface area contributed by atoms with Crippen LogP contribution in [-0.4, -0.2) is 43.3 Å². The number of carbonyl (C=O) groups is 1. The van der Waals surface area contributed by atoms with Crippen LogP contribution in [0.25, 0.3) is 0 Å². The number of nitrogens with one attached hydrogen (secondary N) is 1. The number of hydrazone groups is 1. The number of nitrogens with zero attached hydrogens (tertiary/aromatic N) is 2. The number of aryl methyl sites for hydroxylation is 1. The molecule has 1 fully saturated rings. The topological polar surface area (TPSA) is 99.1 Å². The van der Waals surface area contributed by atoms with Crippen molar-refractivity contribution in [3.05, 3.63) is 29.8 Å². The van der Waals surface area contributed by atoms with Gasteiger partial charge in [0.2, 0.25) is 0 Å². The summed E-state index contributed by atoms with van der Waals surface area (Å²) in [6.45, 7) is 2.44. The minimum atomic E-state index is -3.72. The van der Waals surface area contributed by atoms with E-state index in [9.17, 15) is 13.2 Å². The summed E-state index contributed by atoms with van der Waals surface area (Å²) in [4.78, 5) is 14.4. The van der Waals surface area contributed by atoms with E-state index in [-0.39, 0.29) is 11.4 Å². The third-order valence-corrected chi connectivity index (χ3v) is 4.42. The number of piperidine rings is 1. The molecule has 2 rings (SSSR count). The largest absolute Gasteiger partial charge is 0.465 e. The molecule has 0 spiro atoms. The average molecular weight is 311 g/mol. The van der Waals surface area contributed by atoms with Gasteiger partial charge in [0, 0.05) is 6.54 Å². The van der Waals surface area contributed by atoms with Crippen LogP contribution in [0.1, 0.15) is 18.4 Å². The van der Waals surface area contributed by atoms with Crippen LogP contribution in [-0.2, 0) is 10.0 Å². The molecule has 0 atom stereocenters. The summed E-state index contributed by atoms with van der Waals surface area (Å²) in [5, 5.41) is 12.8. The molecule has 1 aromatic rings. The number of carboxylic acid groups (broad SMARTS) is 1. The van der Waals surface area contributed by atoms with Gasteiger partial charge in [-0.2, -0.15) is 13.5 Å². The molecule has 1 aliphatic heterocycles. The van der Waals surface area contributed by atoms with E-state index in [1.165, 1.54) is 17.0 Å². The Kier molecular flexibility index (Phi) is 4.46. The van der Waals surface area contributed by atoms with Gasteiger partial charge in [0.1, 0.15) is 0 Å². The highest BCUT2D eigenvalue weighted by atomic mass is 32.2. The molecule has 2 N–H and O–H groups in total. The first-order chi connectivity index (χ1) is 9.88. The SMILES string of the molecule is Cc1ccc(S(=O)(=O)N/N=C2/CCCN(C(=O)O)C2)cc1. The van der Waals surface area contributed by atoms with Crippen molar-refractivity contribution in [2.75, 3.05) is 13.1 Å². The standard InChI is InChI=1S/C13H17N3O4S/c1-10-4-6-12(7-5-10)21(19,20)15-14-11-3-2-8-16(9-11)13(17)18/h4-7,15H,2-3,8-9H2,1H3,(H,17,18)/b14-11-. The Hall–Kier alpha value is -2.09. The predicted octanol–water partition coefficient (Wildman–Crippen LogP) is 1.40. The molecule has 1 aromatic carbocycles. The maximum Gasteiger partial charge on any atom is 0.407 e. The van der Waals surface area contributed by atoms with Crippen LogP contribution in [0.3, 0.4) is 0 Å². The van der Waals surface area contributed by atoms with Gasteiger partial charge in [-0.1, -0.05) is 17.7 Å². The normalized spacial score (nSPS) is 17.8. The minimum Gasteiger partial charge on any atom is -0.465 e. The highest BCUT2D eigenvalue weighted by molar-refractivity contribution is 7.89. The zero-order valence-electron chi connectivity index (χ0n) is 11.6. The van der Waals surface area contributed by atoms with E-state index in [2.05, 4.69) is 9.93 Å². The molecular formula is C13H17N3O4S. The Morgan fingerprint density at radius 3 is 2.62 bits per heavy atom. The van der Waals surface area contributed by atoms with Gasteiger partial charge in [-0.3, -0.25) is 0 Å². The molecule has 7 nitrogen and oxygen atoms in total. The van der Waals surface area contributed by atoms with Crippen LogP contribution in [0, 0.1) is 6.92 Å². The second kappa shape index (κ2) is 6.13. The maximum absolute atomic E-state index is 12.1. The lowest BCUT2D eigenvalue weighted by Crippen LogP contribution is -2.40. The molecule has 0 aliphatic carbocycles. The first-order valence-electron chi connectivity index (χ1n) is 6.50. The average Bonchev–Trinajstić information content (AvgIpc) is 2.46. The zero-order chi connectivity index (χ0) is 15.5. The van der Waals surface area contributed by atoms with E-state index in [0.29, 0.717) is 25.1 Å². The van der Waals surface area contributed by atoms with Gasteiger partial charge in [-0.15, -0.1) is 0 Å². The Morgan fingerprint density at radius 1 is 1.33 bits per heavy atom. The van der Waals surface area contributed by atoms with Crippen molar-refractivity contribution in [1.29, 1.82) is 0 Å².